The van der Waals surface area contributed by atoms with E-state index in [1.165, 1.54) is 18.4 Å². The number of hydrazine groups is 1. The van der Waals surface area contributed by atoms with E-state index < -0.39 is 12.0 Å². The molecule has 1 fully saturated rings. The highest BCUT2D eigenvalue weighted by molar-refractivity contribution is 7.16. The second kappa shape index (κ2) is 9.34. The molecule has 0 saturated carbocycles. The lowest BCUT2D eigenvalue weighted by Gasteiger charge is -2.13. The summed E-state index contributed by atoms with van der Waals surface area (Å²) in [6, 6.07) is 7.22. The highest BCUT2D eigenvalue weighted by Gasteiger charge is 2.32. The maximum Gasteiger partial charge on any atom is 0.357 e. The number of esters is 1. The van der Waals surface area contributed by atoms with Crippen molar-refractivity contribution in [3.8, 4) is 5.75 Å². The molecule has 1 aromatic heterocycles. The Balaban J connectivity index is 1.69. The van der Waals surface area contributed by atoms with Crippen LogP contribution in [0.25, 0.3) is 0 Å². The Morgan fingerprint density at radius 2 is 2.03 bits per heavy atom. The van der Waals surface area contributed by atoms with Gasteiger partial charge in [0.05, 0.1) is 20.3 Å². The van der Waals surface area contributed by atoms with Gasteiger partial charge in [-0.1, -0.05) is 32.0 Å². The predicted molar refractivity (Wildman–Crippen MR) is 111 cm³/mol. The summed E-state index contributed by atoms with van der Waals surface area (Å²) in [4.78, 5) is 29.8. The van der Waals surface area contributed by atoms with E-state index in [9.17, 15) is 9.59 Å². The number of anilines is 1. The maximum absolute atomic E-state index is 12.7. The van der Waals surface area contributed by atoms with E-state index in [0.29, 0.717) is 23.9 Å². The van der Waals surface area contributed by atoms with E-state index in [4.69, 9.17) is 9.47 Å². The Morgan fingerprint density at radius 1 is 1.28 bits per heavy atom. The summed E-state index contributed by atoms with van der Waals surface area (Å²) >= 11 is 1.31. The molecule has 2 heterocycles. The minimum Gasteiger partial charge on any atom is -0.496 e. The molecule has 0 spiro atoms. The summed E-state index contributed by atoms with van der Waals surface area (Å²) in [5.74, 6) is 0.420. The van der Waals surface area contributed by atoms with Crippen molar-refractivity contribution in [3.63, 3.8) is 0 Å². The Labute approximate surface area is 174 Å². The lowest BCUT2D eigenvalue weighted by Crippen LogP contribution is -2.39. The average Bonchev–Trinajstić information content (AvgIpc) is 3.34. The molecule has 2 atom stereocenters. The van der Waals surface area contributed by atoms with Crippen LogP contribution < -0.4 is 20.9 Å². The van der Waals surface area contributed by atoms with Gasteiger partial charge < -0.3 is 14.8 Å². The number of nitrogens with one attached hydrogen (secondary N) is 3. The molecule has 156 valence electrons. The van der Waals surface area contributed by atoms with Crippen LogP contribution in [0.3, 0.4) is 0 Å². The van der Waals surface area contributed by atoms with Crippen molar-refractivity contribution in [1.29, 1.82) is 0 Å². The fourth-order valence-corrected chi connectivity index (χ4v) is 4.41. The number of thiazole rings is 1. The molecule has 1 saturated heterocycles. The summed E-state index contributed by atoms with van der Waals surface area (Å²) in [5, 5.41) is 3.22. The summed E-state index contributed by atoms with van der Waals surface area (Å²) in [7, 11) is 2.95. The summed E-state index contributed by atoms with van der Waals surface area (Å²) in [5.41, 5.74) is 7.44. The van der Waals surface area contributed by atoms with Gasteiger partial charge in [-0.25, -0.2) is 20.6 Å². The van der Waals surface area contributed by atoms with Gasteiger partial charge in [0.2, 0.25) is 5.91 Å². The van der Waals surface area contributed by atoms with E-state index in [-0.39, 0.29) is 17.6 Å². The van der Waals surface area contributed by atoms with Gasteiger partial charge in [0.1, 0.15) is 11.8 Å². The number of methoxy groups -OCH3 is 2. The smallest absolute Gasteiger partial charge is 0.357 e. The second-order valence-corrected chi connectivity index (χ2v) is 8.32. The molecule has 1 aliphatic heterocycles. The van der Waals surface area contributed by atoms with E-state index in [0.717, 1.165) is 16.2 Å². The van der Waals surface area contributed by atoms with Crippen LogP contribution in [-0.4, -0.2) is 37.1 Å². The number of amides is 1. The van der Waals surface area contributed by atoms with Gasteiger partial charge in [-0.15, -0.1) is 11.3 Å². The largest absolute Gasteiger partial charge is 0.496 e. The predicted octanol–water partition coefficient (Wildman–Crippen LogP) is 2.68. The standard InChI is InChI=1S/C20H26N4O4S/c1-11(2)9-16-17(19(26)28-4)21-20(29-16)22-18(25)14-10-13(23-24-14)12-7-5-6-8-15(12)27-3/h5-8,11,13-14,23-24H,9-10H2,1-4H3,(H,21,22,25). The molecule has 1 aromatic carbocycles. The fourth-order valence-electron chi connectivity index (χ4n) is 3.25. The number of hydrogen-bond donors (Lipinski definition) is 3. The topological polar surface area (TPSA) is 102 Å². The number of ether oxygens (including phenoxy) is 2. The van der Waals surface area contributed by atoms with E-state index >= 15 is 0 Å². The molecule has 0 radical (unpaired) electrons. The molecule has 0 bridgehead atoms. The Bertz CT molecular complexity index is 883. The molecular weight excluding hydrogens is 392 g/mol. The third-order valence-corrected chi connectivity index (χ3v) is 5.63. The Morgan fingerprint density at radius 3 is 2.72 bits per heavy atom. The molecule has 0 aliphatic carbocycles. The van der Waals surface area contributed by atoms with Gasteiger partial charge in [-0.05, 0) is 24.8 Å². The molecule has 9 heteroatoms. The van der Waals surface area contributed by atoms with Crippen molar-refractivity contribution < 1.29 is 19.1 Å². The highest BCUT2D eigenvalue weighted by atomic mass is 32.1. The van der Waals surface area contributed by atoms with Crippen LogP contribution in [0.4, 0.5) is 5.13 Å². The van der Waals surface area contributed by atoms with Gasteiger partial charge in [-0.3, -0.25) is 4.79 Å². The van der Waals surface area contributed by atoms with Crippen LogP contribution in [0.5, 0.6) is 5.75 Å². The Hall–Kier alpha value is -2.49. The quantitative estimate of drug-likeness (QED) is 0.594. The second-order valence-electron chi connectivity index (χ2n) is 7.24. The van der Waals surface area contributed by atoms with E-state index in [1.807, 2.05) is 24.3 Å². The van der Waals surface area contributed by atoms with Crippen LogP contribution in [0.2, 0.25) is 0 Å². The number of nitrogens with zero attached hydrogens (tertiary/aromatic N) is 1. The molecule has 1 aliphatic rings. The third-order valence-electron chi connectivity index (χ3n) is 4.63. The zero-order valence-corrected chi connectivity index (χ0v) is 17.8. The van der Waals surface area contributed by atoms with Crippen molar-refractivity contribution in [2.75, 3.05) is 19.5 Å². The normalized spacial score (nSPS) is 18.7. The van der Waals surface area contributed by atoms with Crippen molar-refractivity contribution in [3.05, 3.63) is 40.4 Å². The lowest BCUT2D eigenvalue weighted by molar-refractivity contribution is -0.117. The molecule has 3 N–H and O–H groups in total. The van der Waals surface area contributed by atoms with Crippen molar-refractivity contribution in [1.82, 2.24) is 15.8 Å². The number of para-hydroxylation sites is 1. The molecule has 8 nitrogen and oxygen atoms in total. The number of aromatic nitrogens is 1. The molecular formula is C20H26N4O4S. The fraction of sp³-hybridized carbons (Fsp3) is 0.450. The number of hydrogen-bond acceptors (Lipinski definition) is 8. The third kappa shape index (κ3) is 4.92. The first-order valence-electron chi connectivity index (χ1n) is 9.45. The lowest BCUT2D eigenvalue weighted by atomic mass is 10.0. The maximum atomic E-state index is 12.7. The van der Waals surface area contributed by atoms with Crippen LogP contribution in [0.15, 0.2) is 24.3 Å². The summed E-state index contributed by atoms with van der Waals surface area (Å²) in [6.07, 6.45) is 1.25. The SMILES string of the molecule is COC(=O)c1nc(NC(=O)C2CC(c3ccccc3OC)NN2)sc1CC(C)C. The first kappa shape index (κ1) is 21.2. The van der Waals surface area contributed by atoms with Gasteiger partial charge >= 0.3 is 5.97 Å². The molecule has 1 amide bonds. The Kier molecular flexibility index (Phi) is 6.83. The first-order chi connectivity index (χ1) is 13.9. The van der Waals surface area contributed by atoms with Gasteiger partial charge in [0.15, 0.2) is 10.8 Å². The molecule has 3 rings (SSSR count). The molecule has 29 heavy (non-hydrogen) atoms. The molecule has 2 unspecified atom stereocenters. The van der Waals surface area contributed by atoms with E-state index in [1.54, 1.807) is 7.11 Å². The number of carbonyl (C=O) groups excluding carboxylic acids is 2. The van der Waals surface area contributed by atoms with Crippen molar-refractivity contribution in [2.24, 2.45) is 5.92 Å². The van der Waals surface area contributed by atoms with Crippen LogP contribution in [0, 0.1) is 5.92 Å². The van der Waals surface area contributed by atoms with Crippen LogP contribution in [0.1, 0.15) is 47.2 Å². The van der Waals surface area contributed by atoms with E-state index in [2.05, 4.69) is 35.0 Å². The number of carbonyl (C=O) groups is 2. The average molecular weight is 419 g/mol. The zero-order valence-electron chi connectivity index (χ0n) is 16.9. The van der Waals surface area contributed by atoms with Crippen LogP contribution in [-0.2, 0) is 16.0 Å². The van der Waals surface area contributed by atoms with Gasteiger partial charge in [0, 0.05) is 10.4 Å². The van der Waals surface area contributed by atoms with Gasteiger partial charge in [0.25, 0.3) is 0 Å². The van der Waals surface area contributed by atoms with Crippen molar-refractivity contribution >= 4 is 28.3 Å². The highest BCUT2D eigenvalue weighted by Crippen LogP contribution is 2.31. The number of benzene rings is 1. The minimum atomic E-state index is -0.491. The zero-order chi connectivity index (χ0) is 21.0. The van der Waals surface area contributed by atoms with Crippen LogP contribution >= 0.6 is 11.3 Å². The monoisotopic (exact) mass is 418 g/mol. The summed E-state index contributed by atoms with van der Waals surface area (Å²) < 4.78 is 10.2. The van der Waals surface area contributed by atoms with Gasteiger partial charge in [-0.2, -0.15) is 0 Å². The number of rotatable bonds is 7. The summed E-state index contributed by atoms with van der Waals surface area (Å²) in [6.45, 7) is 4.12. The minimum absolute atomic E-state index is 0.0553. The molecule has 2 aromatic rings. The first-order valence-corrected chi connectivity index (χ1v) is 10.3. The van der Waals surface area contributed by atoms with Crippen molar-refractivity contribution in [2.45, 2.75) is 38.8 Å².